The summed E-state index contributed by atoms with van der Waals surface area (Å²) in [6.07, 6.45) is 8.85. The van der Waals surface area contributed by atoms with Crippen molar-refractivity contribution in [2.24, 2.45) is 0 Å². The van der Waals surface area contributed by atoms with E-state index in [-0.39, 0.29) is 0 Å². The Balaban J connectivity index is 1.40. The van der Waals surface area contributed by atoms with Gasteiger partial charge in [-0.05, 0) is 79.8 Å². The smallest absolute Gasteiger partial charge is 0.0224 e. The summed E-state index contributed by atoms with van der Waals surface area (Å²) in [5.41, 5.74) is 2.97. The number of hydrogen-bond donors (Lipinski definition) is 2. The van der Waals surface area contributed by atoms with Gasteiger partial charge < -0.3 is 10.6 Å². The molecule has 1 aliphatic heterocycles. The Bertz CT molecular complexity index is 1220. The summed E-state index contributed by atoms with van der Waals surface area (Å²) in [7, 11) is -0.835. The van der Waals surface area contributed by atoms with Crippen LogP contribution in [0.15, 0.2) is 109 Å². The van der Waals surface area contributed by atoms with Gasteiger partial charge in [-0.25, -0.2) is 0 Å². The maximum absolute atomic E-state index is 4.03. The maximum Gasteiger partial charge on any atom is 0.0224 e. The van der Waals surface area contributed by atoms with Gasteiger partial charge in [0.05, 0.1) is 0 Å². The lowest BCUT2D eigenvalue weighted by Gasteiger charge is -2.34. The van der Waals surface area contributed by atoms with Gasteiger partial charge in [0.1, 0.15) is 0 Å². The van der Waals surface area contributed by atoms with Crippen molar-refractivity contribution in [3.8, 4) is 0 Å². The van der Waals surface area contributed by atoms with Crippen LogP contribution in [-0.4, -0.2) is 24.4 Å². The van der Waals surface area contributed by atoms with Crippen LogP contribution in [0.25, 0.3) is 0 Å². The largest absolute Gasteiger partial charge is 0.308 e. The highest BCUT2D eigenvalue weighted by Crippen LogP contribution is 2.41. The minimum Gasteiger partial charge on any atom is -0.308 e. The zero-order valence-electron chi connectivity index (χ0n) is 22.8. The van der Waals surface area contributed by atoms with Crippen LogP contribution in [0.1, 0.15) is 43.2 Å². The topological polar surface area (TPSA) is 24.1 Å². The average Bonchev–Trinajstić information content (AvgIpc) is 3.01. The van der Waals surface area contributed by atoms with Gasteiger partial charge in [0.15, 0.2) is 0 Å². The van der Waals surface area contributed by atoms with Crippen LogP contribution in [0, 0.1) is 0 Å². The lowest BCUT2D eigenvalue weighted by Crippen LogP contribution is -2.49. The third-order valence-corrected chi connectivity index (χ3v) is 13.7. The Morgan fingerprint density at radius 3 is 1.33 bits per heavy atom. The standard InChI is InChI=1S/C35H40N2P2/c1-3-16-30(17-4-1)38-24-13-25-39(31-18-5-2-6-19-31)35-23-12-8-15-29(35)27-37-33-21-10-9-20-32(33)36-26-28-14-7-11-22-34(28)38/h1-8,11-12,14-19,22-23,32-33,36-37H,9-10,13,20-21,24-27H2/t32-,33-,38?,39?/m0/s1. The van der Waals surface area contributed by atoms with Crippen molar-refractivity contribution in [2.45, 2.75) is 57.3 Å². The lowest BCUT2D eigenvalue weighted by molar-refractivity contribution is 0.281. The number of nitrogens with one attached hydrogen (secondary N) is 2. The van der Waals surface area contributed by atoms with Crippen LogP contribution < -0.4 is 31.9 Å². The predicted octanol–water partition coefficient (Wildman–Crippen LogP) is 6.15. The van der Waals surface area contributed by atoms with E-state index in [0.29, 0.717) is 12.1 Å². The molecule has 4 aromatic rings. The Kier molecular flexibility index (Phi) is 9.19. The highest BCUT2D eigenvalue weighted by atomic mass is 31.1. The maximum atomic E-state index is 4.03. The fraction of sp³-hybridized carbons (Fsp3) is 0.314. The minimum atomic E-state index is -0.417. The summed E-state index contributed by atoms with van der Waals surface area (Å²) in [5, 5.41) is 14.2. The first kappa shape index (κ1) is 26.9. The van der Waals surface area contributed by atoms with Crippen molar-refractivity contribution >= 4 is 37.1 Å². The highest BCUT2D eigenvalue weighted by molar-refractivity contribution is 7.74. The van der Waals surface area contributed by atoms with Crippen LogP contribution in [0.5, 0.6) is 0 Å². The average molecular weight is 551 g/mol. The molecule has 2 aliphatic rings. The number of benzene rings is 4. The molecule has 0 saturated heterocycles. The van der Waals surface area contributed by atoms with E-state index in [2.05, 4.69) is 120 Å². The molecule has 4 heteroatoms. The molecule has 1 aliphatic carbocycles. The van der Waals surface area contributed by atoms with E-state index >= 15 is 0 Å². The molecular formula is C35H40N2P2. The zero-order chi connectivity index (χ0) is 26.3. The SMILES string of the molecule is c1ccc(P2CCCP(c3ccccc3)c3ccccc3CN[C@H]3CCCC[C@@H]3NCc3ccccc32)cc1. The van der Waals surface area contributed by atoms with Crippen molar-refractivity contribution in [1.82, 2.24) is 10.6 Å². The van der Waals surface area contributed by atoms with Crippen molar-refractivity contribution < 1.29 is 0 Å². The Hall–Kier alpha value is -2.34. The quantitative estimate of drug-likeness (QED) is 0.293. The molecule has 2 nitrogen and oxygen atoms in total. The van der Waals surface area contributed by atoms with Gasteiger partial charge in [-0.15, -0.1) is 0 Å². The van der Waals surface area contributed by atoms with E-state index in [4.69, 9.17) is 0 Å². The van der Waals surface area contributed by atoms with Crippen LogP contribution in [0.3, 0.4) is 0 Å². The Morgan fingerprint density at radius 1 is 0.462 bits per heavy atom. The van der Waals surface area contributed by atoms with Gasteiger partial charge in [0, 0.05) is 25.2 Å². The summed E-state index contributed by atoms with van der Waals surface area (Å²) in [6, 6.07) is 42.2. The van der Waals surface area contributed by atoms with E-state index < -0.39 is 15.8 Å². The molecule has 0 spiro atoms. The Morgan fingerprint density at radius 2 is 0.872 bits per heavy atom. The molecule has 2 N–H and O–H groups in total. The molecule has 0 amide bonds. The summed E-state index contributed by atoms with van der Waals surface area (Å²) in [4.78, 5) is 0. The summed E-state index contributed by atoms with van der Waals surface area (Å²) in [6.45, 7) is 1.91. The van der Waals surface area contributed by atoms with Crippen molar-refractivity contribution in [2.75, 3.05) is 12.3 Å². The number of hydrogen-bond acceptors (Lipinski definition) is 2. The molecule has 0 aromatic heterocycles. The first-order valence-electron chi connectivity index (χ1n) is 14.6. The fourth-order valence-electron chi connectivity index (χ4n) is 6.33. The number of rotatable bonds is 2. The molecule has 2 unspecified atom stereocenters. The second-order valence-corrected chi connectivity index (χ2v) is 15.4. The third-order valence-electron chi connectivity index (χ3n) is 8.34. The summed E-state index contributed by atoms with van der Waals surface area (Å²) < 4.78 is 0. The van der Waals surface area contributed by atoms with E-state index in [9.17, 15) is 0 Å². The summed E-state index contributed by atoms with van der Waals surface area (Å²) >= 11 is 0. The second kappa shape index (κ2) is 13.3. The van der Waals surface area contributed by atoms with E-state index in [1.165, 1.54) is 66.2 Å². The molecule has 1 heterocycles. The molecule has 4 atom stereocenters. The molecule has 6 rings (SSSR count). The fourth-order valence-corrected chi connectivity index (χ4v) is 11.7. The van der Waals surface area contributed by atoms with Crippen molar-refractivity contribution in [3.63, 3.8) is 0 Å². The van der Waals surface area contributed by atoms with Gasteiger partial charge in [-0.2, -0.15) is 0 Å². The third kappa shape index (κ3) is 6.53. The van der Waals surface area contributed by atoms with Gasteiger partial charge in [-0.3, -0.25) is 0 Å². The van der Waals surface area contributed by atoms with Gasteiger partial charge in [-0.1, -0.05) is 122 Å². The molecule has 39 heavy (non-hydrogen) atoms. The molecule has 4 aromatic carbocycles. The van der Waals surface area contributed by atoms with Gasteiger partial charge in [0.25, 0.3) is 0 Å². The minimum absolute atomic E-state index is 0.417. The second-order valence-electron chi connectivity index (χ2n) is 10.8. The molecule has 0 radical (unpaired) electrons. The first-order valence-corrected chi connectivity index (χ1v) is 17.7. The molecule has 1 saturated carbocycles. The Labute approximate surface area is 237 Å². The molecule has 1 fully saturated rings. The normalized spacial score (nSPS) is 24.3. The monoisotopic (exact) mass is 550 g/mol. The van der Waals surface area contributed by atoms with E-state index in [1.807, 2.05) is 0 Å². The highest BCUT2D eigenvalue weighted by Gasteiger charge is 2.27. The lowest BCUT2D eigenvalue weighted by atomic mass is 9.90. The zero-order valence-corrected chi connectivity index (χ0v) is 24.6. The van der Waals surface area contributed by atoms with Gasteiger partial charge >= 0.3 is 0 Å². The van der Waals surface area contributed by atoms with Crippen LogP contribution in [0.2, 0.25) is 0 Å². The molecule has 0 bridgehead atoms. The summed E-state index contributed by atoms with van der Waals surface area (Å²) in [5.74, 6) is 0. The predicted molar refractivity (Wildman–Crippen MR) is 172 cm³/mol. The van der Waals surface area contributed by atoms with Crippen LogP contribution >= 0.6 is 15.8 Å². The van der Waals surface area contributed by atoms with Gasteiger partial charge in [0.2, 0.25) is 0 Å². The number of fused-ring (bicyclic) bond motifs is 3. The van der Waals surface area contributed by atoms with Crippen LogP contribution in [-0.2, 0) is 13.1 Å². The van der Waals surface area contributed by atoms with E-state index in [0.717, 1.165) is 13.1 Å². The first-order chi connectivity index (χ1) is 19.4. The van der Waals surface area contributed by atoms with Crippen LogP contribution in [0.4, 0.5) is 0 Å². The molecular weight excluding hydrogens is 510 g/mol. The molecule has 200 valence electrons. The van der Waals surface area contributed by atoms with Crippen molar-refractivity contribution in [1.29, 1.82) is 0 Å². The van der Waals surface area contributed by atoms with Crippen molar-refractivity contribution in [3.05, 3.63) is 120 Å². The van der Waals surface area contributed by atoms with E-state index in [1.54, 1.807) is 10.6 Å².